The molecule has 0 aliphatic carbocycles. The first-order chi connectivity index (χ1) is 8.63. The second-order valence-electron chi connectivity index (χ2n) is 4.90. The molecule has 0 saturated carbocycles. The maximum atomic E-state index is 11.8. The number of nitrogens with zero attached hydrogens (tertiary/aromatic N) is 1. The molecule has 1 saturated heterocycles. The van der Waals surface area contributed by atoms with E-state index in [2.05, 4.69) is 5.32 Å². The standard InChI is InChI=1S/C13H24N2O3/c1-11(10-18-2)14-12(16)9-15-8-6-4-3-5-7-13(15)17/h11H,3-10H2,1-2H3,(H,14,16)/t11-/m1/s1. The Bertz CT molecular complexity index is 281. The minimum Gasteiger partial charge on any atom is -0.383 e. The molecule has 0 radical (unpaired) electrons. The summed E-state index contributed by atoms with van der Waals surface area (Å²) in [7, 11) is 1.60. The number of ether oxygens (including phenoxy) is 1. The van der Waals surface area contributed by atoms with Gasteiger partial charge in [-0.3, -0.25) is 9.59 Å². The zero-order valence-electron chi connectivity index (χ0n) is 11.4. The van der Waals surface area contributed by atoms with Crippen LogP contribution in [0.3, 0.4) is 0 Å². The molecule has 18 heavy (non-hydrogen) atoms. The number of likely N-dealkylation sites (tertiary alicyclic amines) is 1. The third-order valence-corrected chi connectivity index (χ3v) is 3.08. The predicted octanol–water partition coefficient (Wildman–Crippen LogP) is 0.930. The van der Waals surface area contributed by atoms with E-state index in [0.717, 1.165) is 25.7 Å². The van der Waals surface area contributed by atoms with Gasteiger partial charge in [0, 0.05) is 26.1 Å². The topological polar surface area (TPSA) is 58.6 Å². The van der Waals surface area contributed by atoms with E-state index in [-0.39, 0.29) is 24.4 Å². The lowest BCUT2D eigenvalue weighted by Gasteiger charge is -2.25. The molecule has 0 bridgehead atoms. The van der Waals surface area contributed by atoms with Crippen LogP contribution < -0.4 is 5.32 Å². The highest BCUT2D eigenvalue weighted by atomic mass is 16.5. The van der Waals surface area contributed by atoms with Gasteiger partial charge in [0.05, 0.1) is 13.2 Å². The Hall–Kier alpha value is -1.10. The SMILES string of the molecule is COC[C@@H](C)NC(=O)CN1CCCCCCC1=O. The van der Waals surface area contributed by atoms with Crippen molar-refractivity contribution in [1.29, 1.82) is 0 Å². The Morgan fingerprint density at radius 1 is 1.39 bits per heavy atom. The molecule has 1 N–H and O–H groups in total. The molecule has 1 fully saturated rings. The summed E-state index contributed by atoms with van der Waals surface area (Å²) >= 11 is 0. The fourth-order valence-electron chi connectivity index (χ4n) is 2.17. The van der Waals surface area contributed by atoms with Crippen LogP contribution in [0.4, 0.5) is 0 Å². The Morgan fingerprint density at radius 2 is 2.11 bits per heavy atom. The highest BCUT2D eigenvalue weighted by Gasteiger charge is 2.18. The van der Waals surface area contributed by atoms with Gasteiger partial charge in [-0.25, -0.2) is 0 Å². The molecule has 0 aromatic rings. The molecule has 1 atom stereocenters. The summed E-state index contributed by atoms with van der Waals surface area (Å²) in [4.78, 5) is 25.3. The Balaban J connectivity index is 2.38. The number of hydrogen-bond donors (Lipinski definition) is 1. The van der Waals surface area contributed by atoms with Crippen molar-refractivity contribution in [2.75, 3.05) is 26.8 Å². The molecular formula is C13H24N2O3. The van der Waals surface area contributed by atoms with E-state index in [1.54, 1.807) is 12.0 Å². The van der Waals surface area contributed by atoms with Gasteiger partial charge in [0.15, 0.2) is 0 Å². The van der Waals surface area contributed by atoms with Crippen LogP contribution >= 0.6 is 0 Å². The van der Waals surface area contributed by atoms with Crippen LogP contribution in [0.25, 0.3) is 0 Å². The van der Waals surface area contributed by atoms with Gasteiger partial charge in [-0.2, -0.15) is 0 Å². The van der Waals surface area contributed by atoms with Gasteiger partial charge in [0.2, 0.25) is 11.8 Å². The van der Waals surface area contributed by atoms with E-state index < -0.39 is 0 Å². The summed E-state index contributed by atoms with van der Waals surface area (Å²) in [6.07, 6.45) is 4.77. The highest BCUT2D eigenvalue weighted by molar-refractivity contribution is 5.84. The highest BCUT2D eigenvalue weighted by Crippen LogP contribution is 2.11. The molecule has 1 rings (SSSR count). The molecule has 0 aromatic carbocycles. The van der Waals surface area contributed by atoms with E-state index in [1.165, 1.54) is 0 Å². The van der Waals surface area contributed by atoms with Crippen LogP contribution in [0.2, 0.25) is 0 Å². The summed E-state index contributed by atoms with van der Waals surface area (Å²) in [6, 6.07) is -0.0210. The lowest BCUT2D eigenvalue weighted by Crippen LogP contribution is -2.45. The average molecular weight is 256 g/mol. The van der Waals surface area contributed by atoms with E-state index >= 15 is 0 Å². The fraction of sp³-hybridized carbons (Fsp3) is 0.846. The van der Waals surface area contributed by atoms with Crippen LogP contribution in [0.1, 0.15) is 39.0 Å². The first-order valence-electron chi connectivity index (χ1n) is 6.69. The zero-order valence-corrected chi connectivity index (χ0v) is 11.4. The largest absolute Gasteiger partial charge is 0.383 e. The zero-order chi connectivity index (χ0) is 13.4. The summed E-state index contributed by atoms with van der Waals surface area (Å²) in [5.74, 6) is -0.00211. The monoisotopic (exact) mass is 256 g/mol. The molecular weight excluding hydrogens is 232 g/mol. The van der Waals surface area contributed by atoms with Gasteiger partial charge in [0.1, 0.15) is 0 Å². The molecule has 5 heteroatoms. The lowest BCUT2D eigenvalue weighted by molar-refractivity contribution is -0.136. The third-order valence-electron chi connectivity index (χ3n) is 3.08. The molecule has 1 aliphatic rings. The van der Waals surface area contributed by atoms with Crippen molar-refractivity contribution in [3.8, 4) is 0 Å². The fourth-order valence-corrected chi connectivity index (χ4v) is 2.17. The maximum Gasteiger partial charge on any atom is 0.239 e. The van der Waals surface area contributed by atoms with Gasteiger partial charge < -0.3 is 15.0 Å². The first kappa shape index (κ1) is 15.0. The third kappa shape index (κ3) is 5.49. The molecule has 104 valence electrons. The summed E-state index contributed by atoms with van der Waals surface area (Å²) in [6.45, 7) is 3.24. The van der Waals surface area contributed by atoms with Crippen molar-refractivity contribution >= 4 is 11.8 Å². The number of amides is 2. The van der Waals surface area contributed by atoms with Crippen LogP contribution in [-0.4, -0.2) is 49.6 Å². The normalized spacial score (nSPS) is 19.0. The minimum atomic E-state index is -0.103. The van der Waals surface area contributed by atoms with Crippen LogP contribution in [-0.2, 0) is 14.3 Å². The number of hydrogen-bond acceptors (Lipinski definition) is 3. The molecule has 0 aromatic heterocycles. The summed E-state index contributed by atoms with van der Waals surface area (Å²) in [5, 5.41) is 2.83. The van der Waals surface area contributed by atoms with Gasteiger partial charge in [-0.1, -0.05) is 12.8 Å². The quantitative estimate of drug-likeness (QED) is 0.796. The number of carbonyl (C=O) groups excluding carboxylic acids is 2. The number of rotatable bonds is 5. The summed E-state index contributed by atoms with van der Waals surface area (Å²) < 4.78 is 4.96. The molecule has 0 spiro atoms. The minimum absolute atomic E-state index is 0.0210. The van der Waals surface area contributed by atoms with Crippen molar-refractivity contribution in [2.24, 2.45) is 0 Å². The van der Waals surface area contributed by atoms with Crippen LogP contribution in [0.15, 0.2) is 0 Å². The predicted molar refractivity (Wildman–Crippen MR) is 69.1 cm³/mol. The molecule has 2 amide bonds. The van der Waals surface area contributed by atoms with Gasteiger partial charge >= 0.3 is 0 Å². The number of carbonyl (C=O) groups is 2. The van der Waals surface area contributed by atoms with Gasteiger partial charge in [-0.05, 0) is 19.8 Å². The first-order valence-corrected chi connectivity index (χ1v) is 6.69. The number of methoxy groups -OCH3 is 1. The molecule has 5 nitrogen and oxygen atoms in total. The van der Waals surface area contributed by atoms with E-state index in [1.807, 2.05) is 6.92 Å². The van der Waals surface area contributed by atoms with Crippen molar-refractivity contribution in [1.82, 2.24) is 10.2 Å². The van der Waals surface area contributed by atoms with E-state index in [0.29, 0.717) is 19.6 Å². The van der Waals surface area contributed by atoms with Gasteiger partial charge in [0.25, 0.3) is 0 Å². The van der Waals surface area contributed by atoms with Crippen molar-refractivity contribution in [3.05, 3.63) is 0 Å². The van der Waals surface area contributed by atoms with Crippen molar-refractivity contribution in [2.45, 2.75) is 45.1 Å². The average Bonchev–Trinajstić information content (AvgIpc) is 2.29. The number of nitrogens with one attached hydrogen (secondary N) is 1. The van der Waals surface area contributed by atoms with E-state index in [9.17, 15) is 9.59 Å². The van der Waals surface area contributed by atoms with E-state index in [4.69, 9.17) is 4.74 Å². The molecule has 0 unspecified atom stereocenters. The van der Waals surface area contributed by atoms with Crippen LogP contribution in [0, 0.1) is 0 Å². The maximum absolute atomic E-state index is 11.8. The lowest BCUT2D eigenvalue weighted by atomic mass is 10.1. The molecule has 1 heterocycles. The Labute approximate surface area is 109 Å². The molecule has 1 aliphatic heterocycles. The Morgan fingerprint density at radius 3 is 2.83 bits per heavy atom. The van der Waals surface area contributed by atoms with Crippen LogP contribution in [0.5, 0.6) is 0 Å². The van der Waals surface area contributed by atoms with Gasteiger partial charge in [-0.15, -0.1) is 0 Å². The second kappa shape index (κ2) is 8.08. The smallest absolute Gasteiger partial charge is 0.239 e. The summed E-state index contributed by atoms with van der Waals surface area (Å²) in [5.41, 5.74) is 0. The Kier molecular flexibility index (Phi) is 6.72. The van der Waals surface area contributed by atoms with Crippen molar-refractivity contribution in [3.63, 3.8) is 0 Å². The van der Waals surface area contributed by atoms with Crippen molar-refractivity contribution < 1.29 is 14.3 Å². The second-order valence-corrected chi connectivity index (χ2v) is 4.90.